The van der Waals surface area contributed by atoms with Crippen LogP contribution in [-0.2, 0) is 4.79 Å². The number of amides is 1. The highest BCUT2D eigenvalue weighted by atomic mass is 35.5. The average Bonchev–Trinajstić information content (AvgIpc) is 2.46. The van der Waals surface area contributed by atoms with E-state index in [-0.39, 0.29) is 22.8 Å². The summed E-state index contributed by atoms with van der Waals surface area (Å²) >= 11 is 5.70. The van der Waals surface area contributed by atoms with Gasteiger partial charge in [0.2, 0.25) is 0 Å². The van der Waals surface area contributed by atoms with Crippen molar-refractivity contribution in [3.05, 3.63) is 38.9 Å². The average molecular weight is 313 g/mol. The molecule has 1 N–H and O–H groups in total. The molecule has 0 aromatic heterocycles. The van der Waals surface area contributed by atoms with Gasteiger partial charge in [-0.05, 0) is 25.0 Å². The molecule has 1 saturated heterocycles. The molecule has 1 atom stereocenters. The quantitative estimate of drug-likeness (QED) is 0.681. The molecule has 8 heteroatoms. The number of rotatable bonds is 3. The third kappa shape index (κ3) is 3.30. The van der Waals surface area contributed by atoms with E-state index in [0.29, 0.717) is 19.4 Å². The second-order valence-electron chi connectivity index (χ2n) is 4.85. The van der Waals surface area contributed by atoms with Crippen LogP contribution in [-0.4, -0.2) is 39.9 Å². The van der Waals surface area contributed by atoms with Gasteiger partial charge >= 0.3 is 5.97 Å². The van der Waals surface area contributed by atoms with Crippen LogP contribution in [0.25, 0.3) is 0 Å². The highest BCUT2D eigenvalue weighted by molar-refractivity contribution is 6.32. The Hall–Kier alpha value is -2.15. The molecule has 7 nitrogen and oxygen atoms in total. The van der Waals surface area contributed by atoms with Crippen molar-refractivity contribution >= 4 is 29.2 Å². The predicted octanol–water partition coefficient (Wildman–Crippen LogP) is 2.19. The molecule has 1 amide bonds. The SMILES string of the molecule is O=C(O)C1CCCN(C(=O)c2ccc(Cl)c([N+](=O)[O-])c2)C1. The van der Waals surface area contributed by atoms with Gasteiger partial charge in [-0.2, -0.15) is 0 Å². The zero-order chi connectivity index (χ0) is 15.6. The Morgan fingerprint density at radius 2 is 2.14 bits per heavy atom. The number of hydrogen-bond acceptors (Lipinski definition) is 4. The van der Waals surface area contributed by atoms with Crippen LogP contribution < -0.4 is 0 Å². The third-order valence-electron chi connectivity index (χ3n) is 3.45. The Morgan fingerprint density at radius 1 is 1.43 bits per heavy atom. The lowest BCUT2D eigenvalue weighted by Gasteiger charge is -2.30. The van der Waals surface area contributed by atoms with Gasteiger partial charge in [-0.3, -0.25) is 19.7 Å². The first-order chi connectivity index (χ1) is 9.90. The van der Waals surface area contributed by atoms with Crippen molar-refractivity contribution in [3.8, 4) is 0 Å². The molecule has 1 unspecified atom stereocenters. The first-order valence-electron chi connectivity index (χ1n) is 6.36. The van der Waals surface area contributed by atoms with Crippen LogP contribution in [0.1, 0.15) is 23.2 Å². The molecule has 1 aliphatic rings. The van der Waals surface area contributed by atoms with Gasteiger partial charge in [-0.25, -0.2) is 0 Å². The molecule has 112 valence electrons. The maximum absolute atomic E-state index is 12.3. The number of piperidine rings is 1. The molecule has 1 aromatic rings. The second-order valence-corrected chi connectivity index (χ2v) is 5.26. The van der Waals surface area contributed by atoms with Gasteiger partial charge in [0.25, 0.3) is 11.6 Å². The van der Waals surface area contributed by atoms with Gasteiger partial charge in [0.1, 0.15) is 5.02 Å². The number of carboxylic acid groups (broad SMARTS) is 1. The van der Waals surface area contributed by atoms with Gasteiger partial charge in [0, 0.05) is 24.7 Å². The fourth-order valence-corrected chi connectivity index (χ4v) is 2.52. The Morgan fingerprint density at radius 3 is 2.76 bits per heavy atom. The van der Waals surface area contributed by atoms with Crippen LogP contribution in [0.5, 0.6) is 0 Å². The number of nitro groups is 1. The summed E-state index contributed by atoms with van der Waals surface area (Å²) in [6.07, 6.45) is 1.12. The zero-order valence-electron chi connectivity index (χ0n) is 11.0. The molecule has 0 bridgehead atoms. The Balaban J connectivity index is 2.22. The molecule has 0 spiro atoms. The highest BCUT2D eigenvalue weighted by Crippen LogP contribution is 2.26. The van der Waals surface area contributed by atoms with E-state index in [4.69, 9.17) is 16.7 Å². The summed E-state index contributed by atoms with van der Waals surface area (Å²) < 4.78 is 0. The lowest BCUT2D eigenvalue weighted by Crippen LogP contribution is -2.42. The third-order valence-corrected chi connectivity index (χ3v) is 3.77. The molecular formula is C13H13ClN2O5. The number of likely N-dealkylation sites (tertiary alicyclic amines) is 1. The van der Waals surface area contributed by atoms with Crippen LogP contribution in [0.3, 0.4) is 0 Å². The van der Waals surface area contributed by atoms with Crippen molar-refractivity contribution in [3.63, 3.8) is 0 Å². The summed E-state index contributed by atoms with van der Waals surface area (Å²) in [4.78, 5) is 34.9. The molecule has 1 fully saturated rings. The van der Waals surface area contributed by atoms with Crippen LogP contribution in [0.4, 0.5) is 5.69 Å². The molecule has 0 radical (unpaired) electrons. The molecule has 0 saturated carbocycles. The standard InChI is InChI=1S/C13H13ClN2O5/c14-10-4-3-8(6-11(10)16(20)21)12(17)15-5-1-2-9(7-15)13(18)19/h3-4,6,9H,1-2,5,7H2,(H,18,19). The lowest BCUT2D eigenvalue weighted by molar-refractivity contribution is -0.384. The second kappa shape index (κ2) is 6.09. The van der Waals surface area contributed by atoms with Gasteiger partial charge in [0.15, 0.2) is 0 Å². The van der Waals surface area contributed by atoms with Crippen molar-refractivity contribution in [2.75, 3.05) is 13.1 Å². The molecule has 1 aromatic carbocycles. The molecular weight excluding hydrogens is 300 g/mol. The number of carbonyl (C=O) groups is 2. The largest absolute Gasteiger partial charge is 0.481 e. The first kappa shape index (κ1) is 15.2. The molecule has 2 rings (SSSR count). The van der Waals surface area contributed by atoms with E-state index in [0.717, 1.165) is 6.07 Å². The van der Waals surface area contributed by atoms with Gasteiger partial charge < -0.3 is 10.0 Å². The minimum atomic E-state index is -0.936. The highest BCUT2D eigenvalue weighted by Gasteiger charge is 2.29. The van der Waals surface area contributed by atoms with E-state index in [2.05, 4.69) is 0 Å². The van der Waals surface area contributed by atoms with Crippen LogP contribution >= 0.6 is 11.6 Å². The number of hydrogen-bond donors (Lipinski definition) is 1. The van der Waals surface area contributed by atoms with E-state index in [1.165, 1.54) is 17.0 Å². The number of nitro benzene ring substituents is 1. The summed E-state index contributed by atoms with van der Waals surface area (Å²) in [5.74, 6) is -1.94. The van der Waals surface area contributed by atoms with Gasteiger partial charge in [0.05, 0.1) is 10.8 Å². The fraction of sp³-hybridized carbons (Fsp3) is 0.385. The number of nitrogens with zero attached hydrogens (tertiary/aromatic N) is 2. The minimum Gasteiger partial charge on any atom is -0.481 e. The minimum absolute atomic E-state index is 0.0430. The van der Waals surface area contributed by atoms with Gasteiger partial charge in [-0.15, -0.1) is 0 Å². The summed E-state index contributed by atoms with van der Waals surface area (Å²) in [5.41, 5.74) is -0.202. The summed E-state index contributed by atoms with van der Waals surface area (Å²) in [6.45, 7) is 0.559. The van der Waals surface area contributed by atoms with E-state index >= 15 is 0 Å². The summed E-state index contributed by atoms with van der Waals surface area (Å²) in [6, 6.07) is 3.82. The molecule has 1 heterocycles. The Bertz CT molecular complexity index is 604. The number of halogens is 1. The van der Waals surface area contributed by atoms with E-state index in [1.807, 2.05) is 0 Å². The summed E-state index contributed by atoms with van der Waals surface area (Å²) in [7, 11) is 0. The van der Waals surface area contributed by atoms with Crippen molar-refractivity contribution in [2.45, 2.75) is 12.8 Å². The van der Waals surface area contributed by atoms with Crippen LogP contribution in [0.15, 0.2) is 18.2 Å². The molecule has 21 heavy (non-hydrogen) atoms. The van der Waals surface area contributed by atoms with Gasteiger partial charge in [-0.1, -0.05) is 11.6 Å². The van der Waals surface area contributed by atoms with Crippen molar-refractivity contribution < 1.29 is 19.6 Å². The lowest BCUT2D eigenvalue weighted by atomic mass is 9.97. The van der Waals surface area contributed by atoms with E-state index < -0.39 is 22.7 Å². The number of carboxylic acids is 1. The number of benzene rings is 1. The summed E-state index contributed by atoms with van der Waals surface area (Å²) in [5, 5.41) is 19.8. The predicted molar refractivity (Wildman–Crippen MR) is 74.4 cm³/mol. The van der Waals surface area contributed by atoms with Crippen molar-refractivity contribution in [2.24, 2.45) is 5.92 Å². The van der Waals surface area contributed by atoms with E-state index in [9.17, 15) is 19.7 Å². The maximum Gasteiger partial charge on any atom is 0.308 e. The fourth-order valence-electron chi connectivity index (χ4n) is 2.33. The maximum atomic E-state index is 12.3. The smallest absolute Gasteiger partial charge is 0.308 e. The van der Waals surface area contributed by atoms with E-state index in [1.54, 1.807) is 0 Å². The first-order valence-corrected chi connectivity index (χ1v) is 6.74. The molecule has 1 aliphatic heterocycles. The van der Waals surface area contributed by atoms with Crippen LogP contribution in [0.2, 0.25) is 5.02 Å². The van der Waals surface area contributed by atoms with Crippen molar-refractivity contribution in [1.29, 1.82) is 0 Å². The monoisotopic (exact) mass is 312 g/mol. The number of aliphatic carboxylic acids is 1. The van der Waals surface area contributed by atoms with Crippen LogP contribution in [0, 0.1) is 16.0 Å². The zero-order valence-corrected chi connectivity index (χ0v) is 11.7. The Labute approximate surface area is 125 Å². The Kier molecular flexibility index (Phi) is 4.42. The topological polar surface area (TPSA) is 101 Å². The number of carbonyl (C=O) groups excluding carboxylic acids is 1. The normalized spacial score (nSPS) is 18.3. The molecule has 0 aliphatic carbocycles. The van der Waals surface area contributed by atoms with Crippen molar-refractivity contribution in [1.82, 2.24) is 4.90 Å².